The summed E-state index contributed by atoms with van der Waals surface area (Å²) >= 11 is 0. The molecule has 2 aromatic rings. The zero-order valence-electron chi connectivity index (χ0n) is 14.1. The molecule has 0 spiro atoms. The van der Waals surface area contributed by atoms with Crippen LogP contribution in [0.2, 0.25) is 0 Å². The van der Waals surface area contributed by atoms with Gasteiger partial charge in [-0.05, 0) is 43.4 Å². The van der Waals surface area contributed by atoms with E-state index in [1.54, 1.807) is 12.1 Å². The van der Waals surface area contributed by atoms with Crippen molar-refractivity contribution in [3.05, 3.63) is 47.3 Å². The second-order valence-corrected chi connectivity index (χ2v) is 6.87. The number of aromatic nitrogens is 3. The van der Waals surface area contributed by atoms with Crippen molar-refractivity contribution >= 4 is 5.91 Å². The first kappa shape index (κ1) is 16.2. The number of likely N-dealkylation sites (tertiary alicyclic amines) is 1. The maximum absolute atomic E-state index is 13.0. The van der Waals surface area contributed by atoms with E-state index in [4.69, 9.17) is 4.74 Å². The number of benzene rings is 1. The molecule has 2 fully saturated rings. The number of carbonyl (C=O) groups excluding carboxylic acids is 1. The van der Waals surface area contributed by atoms with Crippen molar-refractivity contribution in [2.45, 2.75) is 38.4 Å². The van der Waals surface area contributed by atoms with Gasteiger partial charge in [-0.2, -0.15) is 5.10 Å². The smallest absolute Gasteiger partial charge is 0.227 e. The molecule has 132 valence electrons. The molecule has 2 saturated heterocycles. The number of halogens is 1. The van der Waals surface area contributed by atoms with Gasteiger partial charge in [-0.25, -0.2) is 9.37 Å². The number of amides is 1. The van der Waals surface area contributed by atoms with Crippen LogP contribution in [-0.2, 0) is 16.0 Å². The predicted octanol–water partition coefficient (Wildman–Crippen LogP) is 2.17. The van der Waals surface area contributed by atoms with Gasteiger partial charge in [0.05, 0.1) is 12.5 Å². The van der Waals surface area contributed by atoms with Crippen molar-refractivity contribution in [1.82, 2.24) is 20.1 Å². The molecule has 3 heterocycles. The lowest BCUT2D eigenvalue weighted by molar-refractivity contribution is -0.135. The first-order valence-corrected chi connectivity index (χ1v) is 8.65. The topological polar surface area (TPSA) is 71.1 Å². The molecule has 7 heteroatoms. The number of hydrogen-bond donors (Lipinski definition) is 1. The average molecular weight is 344 g/mol. The maximum Gasteiger partial charge on any atom is 0.227 e. The van der Waals surface area contributed by atoms with Gasteiger partial charge in [0.2, 0.25) is 5.91 Å². The molecule has 0 radical (unpaired) electrons. The van der Waals surface area contributed by atoms with Crippen molar-refractivity contribution < 1.29 is 13.9 Å². The molecule has 2 aliphatic heterocycles. The van der Waals surface area contributed by atoms with Crippen LogP contribution in [0.25, 0.3) is 0 Å². The summed E-state index contributed by atoms with van der Waals surface area (Å²) < 4.78 is 19.1. The molecule has 2 aliphatic rings. The number of aromatic amines is 1. The predicted molar refractivity (Wildman–Crippen MR) is 88.1 cm³/mol. The number of ether oxygens (including phenoxy) is 1. The van der Waals surface area contributed by atoms with E-state index in [2.05, 4.69) is 15.2 Å². The zero-order valence-corrected chi connectivity index (χ0v) is 14.1. The third-order valence-corrected chi connectivity index (χ3v) is 5.08. The number of nitrogens with one attached hydrogen (secondary N) is 1. The van der Waals surface area contributed by atoms with Gasteiger partial charge in [0.15, 0.2) is 5.82 Å². The SMILES string of the molecule is Cc1nc([C@H]2C[C@@H]3CCN(C(=O)Cc4ccc(F)cc4)C[C@H]3O2)n[nH]1. The van der Waals surface area contributed by atoms with Gasteiger partial charge < -0.3 is 9.64 Å². The molecule has 1 amide bonds. The fourth-order valence-electron chi connectivity index (χ4n) is 3.72. The van der Waals surface area contributed by atoms with Crippen molar-refractivity contribution in [3.8, 4) is 0 Å². The summed E-state index contributed by atoms with van der Waals surface area (Å²) in [6, 6.07) is 6.10. The number of aryl methyl sites for hydroxylation is 1. The molecule has 0 saturated carbocycles. The van der Waals surface area contributed by atoms with Crippen molar-refractivity contribution in [2.75, 3.05) is 13.1 Å². The number of H-pyrrole nitrogens is 1. The van der Waals surface area contributed by atoms with Gasteiger partial charge >= 0.3 is 0 Å². The van der Waals surface area contributed by atoms with Crippen LogP contribution < -0.4 is 0 Å². The first-order valence-electron chi connectivity index (χ1n) is 8.65. The Balaban J connectivity index is 1.37. The Morgan fingerprint density at radius 3 is 2.92 bits per heavy atom. The summed E-state index contributed by atoms with van der Waals surface area (Å²) in [7, 11) is 0. The zero-order chi connectivity index (χ0) is 17.4. The van der Waals surface area contributed by atoms with Gasteiger partial charge in [0.1, 0.15) is 17.7 Å². The standard InChI is InChI=1S/C18H21FN4O2/c1-11-20-18(22-21-11)15-9-13-6-7-23(10-16(13)25-15)17(24)8-12-2-4-14(19)5-3-12/h2-5,13,15-16H,6-10H2,1H3,(H,20,21,22)/t13-,15+,16+/m0/s1. The largest absolute Gasteiger partial charge is 0.365 e. The number of carbonyl (C=O) groups is 1. The molecule has 4 rings (SSSR count). The van der Waals surface area contributed by atoms with Crippen molar-refractivity contribution in [2.24, 2.45) is 5.92 Å². The highest BCUT2D eigenvalue weighted by Crippen LogP contribution is 2.39. The summed E-state index contributed by atoms with van der Waals surface area (Å²) in [6.07, 6.45) is 2.07. The van der Waals surface area contributed by atoms with Crippen molar-refractivity contribution in [1.29, 1.82) is 0 Å². The highest BCUT2D eigenvalue weighted by atomic mass is 19.1. The number of hydrogen-bond acceptors (Lipinski definition) is 4. The summed E-state index contributed by atoms with van der Waals surface area (Å²) in [4.78, 5) is 18.8. The molecule has 1 N–H and O–H groups in total. The minimum Gasteiger partial charge on any atom is -0.365 e. The minimum atomic E-state index is -0.287. The molecule has 0 bridgehead atoms. The van der Waals surface area contributed by atoms with Gasteiger partial charge in [-0.3, -0.25) is 9.89 Å². The van der Waals surface area contributed by atoms with E-state index in [9.17, 15) is 9.18 Å². The number of rotatable bonds is 3. The highest BCUT2D eigenvalue weighted by molar-refractivity contribution is 5.78. The monoisotopic (exact) mass is 344 g/mol. The lowest BCUT2D eigenvalue weighted by Gasteiger charge is -2.34. The molecular formula is C18H21FN4O2. The van der Waals surface area contributed by atoms with Crippen LogP contribution in [0, 0.1) is 18.7 Å². The van der Waals surface area contributed by atoms with E-state index in [-0.39, 0.29) is 23.9 Å². The summed E-state index contributed by atoms with van der Waals surface area (Å²) in [5.41, 5.74) is 0.829. The third kappa shape index (κ3) is 3.42. The van der Waals surface area contributed by atoms with Crippen LogP contribution in [0.15, 0.2) is 24.3 Å². The minimum absolute atomic E-state index is 0.0368. The van der Waals surface area contributed by atoms with E-state index in [0.717, 1.165) is 30.8 Å². The molecule has 0 aliphatic carbocycles. The van der Waals surface area contributed by atoms with Crippen LogP contribution in [0.3, 0.4) is 0 Å². The van der Waals surface area contributed by atoms with Crippen LogP contribution in [0.5, 0.6) is 0 Å². The van der Waals surface area contributed by atoms with E-state index in [0.29, 0.717) is 24.7 Å². The number of nitrogens with zero attached hydrogens (tertiary/aromatic N) is 3. The Morgan fingerprint density at radius 1 is 1.40 bits per heavy atom. The van der Waals surface area contributed by atoms with Gasteiger partial charge in [-0.15, -0.1) is 0 Å². The fraction of sp³-hybridized carbons (Fsp3) is 0.500. The van der Waals surface area contributed by atoms with E-state index in [1.807, 2.05) is 11.8 Å². The summed E-state index contributed by atoms with van der Waals surface area (Å²) in [5, 5.41) is 7.05. The van der Waals surface area contributed by atoms with Gasteiger partial charge in [0, 0.05) is 13.1 Å². The Morgan fingerprint density at radius 2 is 2.20 bits per heavy atom. The first-order chi connectivity index (χ1) is 12.1. The molecule has 1 aromatic heterocycles. The van der Waals surface area contributed by atoms with Crippen LogP contribution in [-0.4, -0.2) is 45.2 Å². The average Bonchev–Trinajstić information content (AvgIpc) is 3.22. The van der Waals surface area contributed by atoms with Gasteiger partial charge in [0.25, 0.3) is 0 Å². The van der Waals surface area contributed by atoms with E-state index >= 15 is 0 Å². The van der Waals surface area contributed by atoms with E-state index < -0.39 is 0 Å². The lowest BCUT2D eigenvalue weighted by atomic mass is 9.91. The molecule has 3 atom stereocenters. The molecule has 6 nitrogen and oxygen atoms in total. The Labute approximate surface area is 145 Å². The molecular weight excluding hydrogens is 323 g/mol. The second-order valence-electron chi connectivity index (χ2n) is 6.87. The van der Waals surface area contributed by atoms with Crippen molar-refractivity contribution in [3.63, 3.8) is 0 Å². The van der Waals surface area contributed by atoms with E-state index in [1.165, 1.54) is 12.1 Å². The Bertz CT molecular complexity index is 761. The Hall–Kier alpha value is -2.28. The van der Waals surface area contributed by atoms with Gasteiger partial charge in [-0.1, -0.05) is 12.1 Å². The van der Waals surface area contributed by atoms with Crippen LogP contribution in [0.1, 0.15) is 36.2 Å². The second kappa shape index (κ2) is 6.55. The maximum atomic E-state index is 13.0. The molecule has 0 unspecified atom stereocenters. The number of piperidine rings is 1. The summed E-state index contributed by atoms with van der Waals surface area (Å²) in [6.45, 7) is 3.21. The highest BCUT2D eigenvalue weighted by Gasteiger charge is 2.41. The quantitative estimate of drug-likeness (QED) is 0.926. The van der Waals surface area contributed by atoms with Crippen LogP contribution >= 0.6 is 0 Å². The fourth-order valence-corrected chi connectivity index (χ4v) is 3.72. The lowest BCUT2D eigenvalue weighted by Crippen LogP contribution is -2.45. The molecule has 25 heavy (non-hydrogen) atoms. The Kier molecular flexibility index (Phi) is 4.25. The van der Waals surface area contributed by atoms with Crippen LogP contribution in [0.4, 0.5) is 4.39 Å². The molecule has 1 aromatic carbocycles. The third-order valence-electron chi connectivity index (χ3n) is 5.08. The normalized spacial score (nSPS) is 25.8. The summed E-state index contributed by atoms with van der Waals surface area (Å²) in [5.74, 6) is 1.70. The number of fused-ring (bicyclic) bond motifs is 1.